The first-order valence-electron chi connectivity index (χ1n) is 9.29. The van der Waals surface area contributed by atoms with Crippen molar-refractivity contribution < 1.29 is 14.3 Å². The van der Waals surface area contributed by atoms with Crippen molar-refractivity contribution in [2.24, 2.45) is 0 Å². The van der Waals surface area contributed by atoms with Crippen molar-refractivity contribution in [3.8, 4) is 11.5 Å². The van der Waals surface area contributed by atoms with Crippen molar-refractivity contribution in [1.82, 2.24) is 10.3 Å². The average Bonchev–Trinajstić information content (AvgIpc) is 2.97. The molecule has 0 saturated carbocycles. The van der Waals surface area contributed by atoms with E-state index in [0.29, 0.717) is 24.5 Å². The van der Waals surface area contributed by atoms with Crippen molar-refractivity contribution in [2.75, 3.05) is 13.7 Å². The Balaban J connectivity index is 1.75. The molecule has 3 aromatic rings. The number of H-pyrrole nitrogens is 1. The molecule has 1 heterocycles. The molecule has 6 heteroatoms. The molecule has 1 amide bonds. The SMILES string of the molecule is CCOc1ccc(C(C)NC(=O)Cc2c(C)[nH]c3ccc(Br)cc23)cc1OC. The normalized spacial score (nSPS) is 12.0. The fourth-order valence-corrected chi connectivity index (χ4v) is 3.71. The lowest BCUT2D eigenvalue weighted by Gasteiger charge is -2.17. The number of methoxy groups -OCH3 is 1. The third-order valence-corrected chi connectivity index (χ3v) is 5.28. The highest BCUT2D eigenvalue weighted by molar-refractivity contribution is 9.10. The van der Waals surface area contributed by atoms with Gasteiger partial charge in [-0.1, -0.05) is 22.0 Å². The van der Waals surface area contributed by atoms with Crippen LogP contribution in [-0.2, 0) is 11.2 Å². The zero-order valence-electron chi connectivity index (χ0n) is 16.6. The van der Waals surface area contributed by atoms with Gasteiger partial charge in [-0.15, -0.1) is 0 Å². The van der Waals surface area contributed by atoms with E-state index in [9.17, 15) is 4.79 Å². The Morgan fingerprint density at radius 2 is 2.00 bits per heavy atom. The lowest BCUT2D eigenvalue weighted by molar-refractivity contribution is -0.121. The molecule has 5 nitrogen and oxygen atoms in total. The molecule has 0 aliphatic rings. The topological polar surface area (TPSA) is 63.3 Å². The molecule has 0 fully saturated rings. The smallest absolute Gasteiger partial charge is 0.224 e. The highest BCUT2D eigenvalue weighted by Gasteiger charge is 2.16. The minimum absolute atomic E-state index is 0.0238. The number of rotatable bonds is 7. The van der Waals surface area contributed by atoms with Crippen molar-refractivity contribution in [3.05, 3.63) is 57.7 Å². The lowest BCUT2D eigenvalue weighted by Crippen LogP contribution is -2.28. The predicted octanol–water partition coefficient (Wildman–Crippen LogP) is 5.07. The molecule has 0 saturated heterocycles. The van der Waals surface area contributed by atoms with Crippen LogP contribution in [0, 0.1) is 6.92 Å². The van der Waals surface area contributed by atoms with E-state index in [1.165, 1.54) is 0 Å². The molecule has 28 heavy (non-hydrogen) atoms. The Morgan fingerprint density at radius 1 is 1.21 bits per heavy atom. The quantitative estimate of drug-likeness (QED) is 0.534. The molecule has 1 aromatic heterocycles. The maximum atomic E-state index is 12.7. The average molecular weight is 445 g/mol. The van der Waals surface area contributed by atoms with Crippen LogP contribution in [0.3, 0.4) is 0 Å². The number of hydrogen-bond acceptors (Lipinski definition) is 3. The maximum absolute atomic E-state index is 12.7. The van der Waals surface area contributed by atoms with Crippen molar-refractivity contribution in [3.63, 3.8) is 0 Å². The largest absolute Gasteiger partial charge is 0.493 e. The van der Waals surface area contributed by atoms with Crippen molar-refractivity contribution >= 4 is 32.7 Å². The third-order valence-electron chi connectivity index (χ3n) is 4.78. The van der Waals surface area contributed by atoms with Crippen molar-refractivity contribution in [1.29, 1.82) is 0 Å². The third kappa shape index (κ3) is 4.33. The summed E-state index contributed by atoms with van der Waals surface area (Å²) in [6.07, 6.45) is 0.320. The first kappa shape index (κ1) is 20.3. The standard InChI is InChI=1S/C22H25BrN2O3/c1-5-28-20-9-6-15(10-21(20)27-4)13(2)25-22(26)12-17-14(3)24-19-8-7-16(23)11-18(17)19/h6-11,13,24H,5,12H2,1-4H3,(H,25,26). The van der Waals surface area contributed by atoms with Gasteiger partial charge in [0, 0.05) is 21.1 Å². The van der Waals surface area contributed by atoms with E-state index < -0.39 is 0 Å². The number of fused-ring (bicyclic) bond motifs is 1. The summed E-state index contributed by atoms with van der Waals surface area (Å²) in [5.74, 6) is 1.34. The molecule has 1 atom stereocenters. The number of nitrogens with one attached hydrogen (secondary N) is 2. The van der Waals surface area contributed by atoms with Gasteiger partial charge in [-0.25, -0.2) is 0 Å². The monoisotopic (exact) mass is 444 g/mol. The molecule has 2 aromatic carbocycles. The Hall–Kier alpha value is -2.47. The van der Waals surface area contributed by atoms with E-state index in [2.05, 4.69) is 26.2 Å². The number of benzene rings is 2. The second-order valence-corrected chi connectivity index (χ2v) is 7.64. The van der Waals surface area contributed by atoms with E-state index in [1.54, 1.807) is 7.11 Å². The van der Waals surface area contributed by atoms with Crippen LogP contribution >= 0.6 is 15.9 Å². The van der Waals surface area contributed by atoms with E-state index >= 15 is 0 Å². The molecule has 0 radical (unpaired) electrons. The molecule has 2 N–H and O–H groups in total. The minimum Gasteiger partial charge on any atom is -0.493 e. The van der Waals surface area contributed by atoms with E-state index in [1.807, 2.05) is 57.2 Å². The summed E-state index contributed by atoms with van der Waals surface area (Å²) in [5, 5.41) is 4.15. The Kier molecular flexibility index (Phi) is 6.29. The Bertz CT molecular complexity index is 997. The van der Waals surface area contributed by atoms with Gasteiger partial charge in [0.05, 0.1) is 26.2 Å². The number of amides is 1. The molecule has 3 rings (SSSR count). The van der Waals surface area contributed by atoms with Gasteiger partial charge in [0.15, 0.2) is 11.5 Å². The summed E-state index contributed by atoms with van der Waals surface area (Å²) in [6.45, 7) is 6.46. The second kappa shape index (κ2) is 8.69. The Labute approximate surface area is 173 Å². The molecule has 148 valence electrons. The van der Waals surface area contributed by atoms with Crippen molar-refractivity contribution in [2.45, 2.75) is 33.2 Å². The molecular weight excluding hydrogens is 420 g/mol. The first-order chi connectivity index (χ1) is 13.4. The molecule has 1 unspecified atom stereocenters. The van der Waals surface area contributed by atoms with Crippen LogP contribution in [-0.4, -0.2) is 24.6 Å². The van der Waals surface area contributed by atoms with Gasteiger partial charge in [0.2, 0.25) is 5.91 Å². The highest BCUT2D eigenvalue weighted by atomic mass is 79.9. The van der Waals surface area contributed by atoms with E-state index in [-0.39, 0.29) is 11.9 Å². The van der Waals surface area contributed by atoms with Gasteiger partial charge < -0.3 is 19.8 Å². The molecular formula is C22H25BrN2O3. The number of halogens is 1. The van der Waals surface area contributed by atoms with Crippen LogP contribution < -0.4 is 14.8 Å². The molecule has 0 spiro atoms. The number of ether oxygens (including phenoxy) is 2. The molecule has 0 aliphatic heterocycles. The number of hydrogen-bond donors (Lipinski definition) is 2. The van der Waals surface area contributed by atoms with Gasteiger partial charge in [0.1, 0.15) is 0 Å². The van der Waals surface area contributed by atoms with Crippen LogP contribution in [0.2, 0.25) is 0 Å². The fourth-order valence-electron chi connectivity index (χ4n) is 3.35. The fraction of sp³-hybridized carbons (Fsp3) is 0.318. The lowest BCUT2D eigenvalue weighted by atomic mass is 10.1. The summed E-state index contributed by atoms with van der Waals surface area (Å²) in [4.78, 5) is 16.1. The predicted molar refractivity (Wildman–Crippen MR) is 115 cm³/mol. The summed E-state index contributed by atoms with van der Waals surface area (Å²) in [7, 11) is 1.61. The minimum atomic E-state index is -0.144. The number of carbonyl (C=O) groups excluding carboxylic acids is 1. The Morgan fingerprint density at radius 3 is 2.71 bits per heavy atom. The first-order valence-corrected chi connectivity index (χ1v) is 10.1. The summed E-state index contributed by atoms with van der Waals surface area (Å²) < 4.78 is 12.0. The van der Waals surface area contributed by atoms with Gasteiger partial charge in [-0.05, 0) is 62.2 Å². The number of aryl methyl sites for hydroxylation is 1. The van der Waals surface area contributed by atoms with E-state index in [4.69, 9.17) is 9.47 Å². The van der Waals surface area contributed by atoms with E-state index in [0.717, 1.165) is 32.2 Å². The summed E-state index contributed by atoms with van der Waals surface area (Å²) >= 11 is 3.51. The number of aromatic nitrogens is 1. The van der Waals surface area contributed by atoms with Gasteiger partial charge >= 0.3 is 0 Å². The van der Waals surface area contributed by atoms with Gasteiger partial charge in [-0.2, -0.15) is 0 Å². The summed E-state index contributed by atoms with van der Waals surface area (Å²) in [5.41, 5.74) is 4.03. The van der Waals surface area contributed by atoms with Gasteiger partial charge in [0.25, 0.3) is 0 Å². The highest BCUT2D eigenvalue weighted by Crippen LogP contribution is 2.30. The zero-order chi connectivity index (χ0) is 20.3. The van der Waals surface area contributed by atoms with Gasteiger partial charge in [-0.3, -0.25) is 4.79 Å². The van der Waals surface area contributed by atoms with Crippen LogP contribution in [0.5, 0.6) is 11.5 Å². The number of aromatic amines is 1. The number of carbonyl (C=O) groups is 1. The van der Waals surface area contributed by atoms with Crippen LogP contribution in [0.4, 0.5) is 0 Å². The zero-order valence-corrected chi connectivity index (χ0v) is 18.1. The molecule has 0 bridgehead atoms. The summed E-state index contributed by atoms with van der Waals surface area (Å²) in [6, 6.07) is 11.6. The van der Waals surface area contributed by atoms with Crippen LogP contribution in [0.15, 0.2) is 40.9 Å². The van der Waals surface area contributed by atoms with Crippen LogP contribution in [0.25, 0.3) is 10.9 Å². The maximum Gasteiger partial charge on any atom is 0.224 e. The molecule has 0 aliphatic carbocycles. The van der Waals surface area contributed by atoms with Crippen LogP contribution in [0.1, 0.15) is 36.7 Å². The second-order valence-electron chi connectivity index (χ2n) is 6.73.